The first-order valence-electron chi connectivity index (χ1n) is 10.5. The van der Waals surface area contributed by atoms with Gasteiger partial charge in [-0.05, 0) is 51.5 Å². The molecule has 7 nitrogen and oxygen atoms in total. The molecule has 0 spiro atoms. The predicted molar refractivity (Wildman–Crippen MR) is 117 cm³/mol. The van der Waals surface area contributed by atoms with Crippen molar-refractivity contribution < 1.29 is 24.2 Å². The van der Waals surface area contributed by atoms with Crippen LogP contribution >= 0.6 is 0 Å². The van der Waals surface area contributed by atoms with Crippen LogP contribution in [0.25, 0.3) is 5.76 Å². The fraction of sp³-hybridized carbons (Fsp3) is 0.375. The molecule has 1 saturated heterocycles. The fourth-order valence-electron chi connectivity index (χ4n) is 3.57. The van der Waals surface area contributed by atoms with E-state index < -0.39 is 17.7 Å². The van der Waals surface area contributed by atoms with Crippen molar-refractivity contribution in [3.8, 4) is 5.75 Å². The third-order valence-electron chi connectivity index (χ3n) is 4.92. The SMILES string of the molecule is CCOc1cccc(/C(O)=C2/C(=O)C(=O)N(CCCOC(C)C)C2c2ccccn2)c1. The molecule has 0 radical (unpaired) electrons. The van der Waals surface area contributed by atoms with Crippen molar-refractivity contribution in [2.24, 2.45) is 0 Å². The molecule has 1 aromatic heterocycles. The Kier molecular flexibility index (Phi) is 7.41. The van der Waals surface area contributed by atoms with Crippen molar-refractivity contribution in [2.75, 3.05) is 19.8 Å². The van der Waals surface area contributed by atoms with E-state index in [9.17, 15) is 14.7 Å². The van der Waals surface area contributed by atoms with E-state index in [1.807, 2.05) is 20.8 Å². The van der Waals surface area contributed by atoms with Gasteiger partial charge in [0, 0.05) is 24.9 Å². The van der Waals surface area contributed by atoms with Crippen LogP contribution in [0.2, 0.25) is 0 Å². The summed E-state index contributed by atoms with van der Waals surface area (Å²) in [6.07, 6.45) is 2.25. The van der Waals surface area contributed by atoms with Gasteiger partial charge in [0.1, 0.15) is 17.6 Å². The quantitative estimate of drug-likeness (QED) is 0.286. The van der Waals surface area contributed by atoms with Crippen molar-refractivity contribution >= 4 is 17.4 Å². The monoisotopic (exact) mass is 424 g/mol. The number of Topliss-reactive ketones (excluding diaryl/α,β-unsaturated/α-hetero) is 1. The average molecular weight is 424 g/mol. The lowest BCUT2D eigenvalue weighted by molar-refractivity contribution is -0.140. The fourth-order valence-corrected chi connectivity index (χ4v) is 3.57. The molecule has 2 heterocycles. The molecule has 1 aliphatic heterocycles. The number of aliphatic hydroxyl groups excluding tert-OH is 1. The second-order valence-electron chi connectivity index (χ2n) is 7.48. The summed E-state index contributed by atoms with van der Waals surface area (Å²) in [6.45, 7) is 7.00. The maximum atomic E-state index is 13.0. The van der Waals surface area contributed by atoms with Crippen LogP contribution in [0.1, 0.15) is 44.5 Å². The number of amides is 1. The van der Waals surface area contributed by atoms with Crippen LogP contribution < -0.4 is 4.74 Å². The number of aliphatic hydroxyl groups is 1. The highest BCUT2D eigenvalue weighted by Gasteiger charge is 2.46. The zero-order valence-corrected chi connectivity index (χ0v) is 18.1. The number of carbonyl (C=O) groups excluding carboxylic acids is 2. The van der Waals surface area contributed by atoms with Crippen LogP contribution in [0.3, 0.4) is 0 Å². The number of likely N-dealkylation sites (tertiary alicyclic amines) is 1. The van der Waals surface area contributed by atoms with Crippen LogP contribution in [0.4, 0.5) is 0 Å². The third-order valence-corrected chi connectivity index (χ3v) is 4.92. The van der Waals surface area contributed by atoms with E-state index >= 15 is 0 Å². The van der Waals surface area contributed by atoms with E-state index in [1.54, 1.807) is 48.7 Å². The second-order valence-corrected chi connectivity index (χ2v) is 7.48. The van der Waals surface area contributed by atoms with Gasteiger partial charge >= 0.3 is 0 Å². The molecule has 2 aromatic rings. The molecule has 1 fully saturated rings. The topological polar surface area (TPSA) is 89.0 Å². The Bertz CT molecular complexity index is 955. The number of pyridine rings is 1. The standard InChI is InChI=1S/C24H28N2O5/c1-4-30-18-10-7-9-17(15-18)22(27)20-21(19-11-5-6-12-25-19)26(24(29)23(20)28)13-8-14-31-16(2)3/h5-7,9-12,15-16,21,27H,4,8,13-14H2,1-3H3/b22-20-. The lowest BCUT2D eigenvalue weighted by atomic mass is 9.98. The van der Waals surface area contributed by atoms with Gasteiger partial charge in [-0.1, -0.05) is 18.2 Å². The first-order valence-corrected chi connectivity index (χ1v) is 10.5. The minimum atomic E-state index is -0.768. The van der Waals surface area contributed by atoms with Crippen LogP contribution in [0, 0.1) is 0 Å². The molecule has 3 rings (SSSR count). The van der Waals surface area contributed by atoms with Crippen LogP contribution in [-0.4, -0.2) is 52.5 Å². The van der Waals surface area contributed by atoms with E-state index in [4.69, 9.17) is 9.47 Å². The number of carbonyl (C=O) groups is 2. The Labute approximate surface area is 182 Å². The number of ketones is 1. The first-order chi connectivity index (χ1) is 14.9. The summed E-state index contributed by atoms with van der Waals surface area (Å²) in [5, 5.41) is 11.1. The van der Waals surface area contributed by atoms with Gasteiger partial charge in [-0.2, -0.15) is 0 Å². The lowest BCUT2D eigenvalue weighted by Crippen LogP contribution is -2.31. The molecule has 31 heavy (non-hydrogen) atoms. The van der Waals surface area contributed by atoms with Gasteiger partial charge in [-0.3, -0.25) is 14.6 Å². The van der Waals surface area contributed by atoms with E-state index in [2.05, 4.69) is 4.98 Å². The Morgan fingerprint density at radius 3 is 2.68 bits per heavy atom. The van der Waals surface area contributed by atoms with Gasteiger partial charge in [0.15, 0.2) is 0 Å². The summed E-state index contributed by atoms with van der Waals surface area (Å²) < 4.78 is 11.1. The maximum absolute atomic E-state index is 13.0. The summed E-state index contributed by atoms with van der Waals surface area (Å²) in [7, 11) is 0. The third kappa shape index (κ3) is 5.11. The molecule has 164 valence electrons. The van der Waals surface area contributed by atoms with E-state index in [0.29, 0.717) is 43.2 Å². The number of hydrogen-bond donors (Lipinski definition) is 1. The molecule has 1 aliphatic rings. The second kappa shape index (κ2) is 10.2. The zero-order valence-electron chi connectivity index (χ0n) is 18.1. The number of benzene rings is 1. The van der Waals surface area contributed by atoms with E-state index in [0.717, 1.165) is 0 Å². The predicted octanol–water partition coefficient (Wildman–Crippen LogP) is 3.72. The van der Waals surface area contributed by atoms with Gasteiger partial charge in [0.05, 0.1) is 24.0 Å². The van der Waals surface area contributed by atoms with Gasteiger partial charge in [-0.15, -0.1) is 0 Å². The maximum Gasteiger partial charge on any atom is 0.295 e. The highest BCUT2D eigenvalue weighted by Crippen LogP contribution is 2.39. The van der Waals surface area contributed by atoms with Gasteiger partial charge in [-0.25, -0.2) is 0 Å². The lowest BCUT2D eigenvalue weighted by Gasteiger charge is -2.24. The molecule has 1 atom stereocenters. The van der Waals surface area contributed by atoms with Crippen molar-refractivity contribution in [3.05, 3.63) is 65.5 Å². The van der Waals surface area contributed by atoms with E-state index in [1.165, 1.54) is 4.90 Å². The van der Waals surface area contributed by atoms with Crippen LogP contribution in [-0.2, 0) is 14.3 Å². The summed E-state index contributed by atoms with van der Waals surface area (Å²) in [6, 6.07) is 11.4. The van der Waals surface area contributed by atoms with Crippen LogP contribution in [0.15, 0.2) is 54.2 Å². The Morgan fingerprint density at radius 1 is 1.19 bits per heavy atom. The van der Waals surface area contributed by atoms with Crippen molar-refractivity contribution in [1.82, 2.24) is 9.88 Å². The normalized spacial score (nSPS) is 18.1. The molecule has 1 aromatic carbocycles. The summed E-state index contributed by atoms with van der Waals surface area (Å²) in [5.74, 6) is -1.04. The number of aromatic nitrogens is 1. The molecule has 7 heteroatoms. The molecular weight excluding hydrogens is 396 g/mol. The summed E-state index contributed by atoms with van der Waals surface area (Å²) >= 11 is 0. The molecule has 1 amide bonds. The van der Waals surface area contributed by atoms with Gasteiger partial charge in [0.2, 0.25) is 0 Å². The highest BCUT2D eigenvalue weighted by atomic mass is 16.5. The minimum absolute atomic E-state index is 0.0297. The Hall–Kier alpha value is -3.19. The van der Waals surface area contributed by atoms with Crippen molar-refractivity contribution in [1.29, 1.82) is 0 Å². The molecule has 0 bridgehead atoms. The first kappa shape index (κ1) is 22.5. The minimum Gasteiger partial charge on any atom is -0.507 e. The van der Waals surface area contributed by atoms with E-state index in [-0.39, 0.29) is 17.4 Å². The summed E-state index contributed by atoms with van der Waals surface area (Å²) in [4.78, 5) is 31.7. The number of ether oxygens (including phenoxy) is 2. The highest BCUT2D eigenvalue weighted by molar-refractivity contribution is 6.46. The Morgan fingerprint density at radius 2 is 2.00 bits per heavy atom. The van der Waals surface area contributed by atoms with Gasteiger partial charge < -0.3 is 19.5 Å². The Balaban J connectivity index is 2.00. The van der Waals surface area contributed by atoms with Gasteiger partial charge in [0.25, 0.3) is 11.7 Å². The number of rotatable bonds is 9. The smallest absolute Gasteiger partial charge is 0.295 e. The average Bonchev–Trinajstić information content (AvgIpc) is 3.02. The zero-order chi connectivity index (χ0) is 22.4. The molecular formula is C24H28N2O5. The van der Waals surface area contributed by atoms with Crippen molar-refractivity contribution in [3.63, 3.8) is 0 Å². The molecule has 1 unspecified atom stereocenters. The van der Waals surface area contributed by atoms with Crippen molar-refractivity contribution in [2.45, 2.75) is 39.3 Å². The molecule has 0 aliphatic carbocycles. The largest absolute Gasteiger partial charge is 0.507 e. The molecule has 0 saturated carbocycles. The number of nitrogens with zero attached hydrogens (tertiary/aromatic N) is 2. The summed E-state index contributed by atoms with van der Waals surface area (Å²) in [5.41, 5.74) is 0.962. The van der Waals surface area contributed by atoms with Crippen LogP contribution in [0.5, 0.6) is 5.75 Å². The number of hydrogen-bond acceptors (Lipinski definition) is 6. The molecule has 1 N–H and O–H groups in total.